The van der Waals surface area contributed by atoms with Crippen LogP contribution in [0.1, 0.15) is 21.5 Å². The van der Waals surface area contributed by atoms with E-state index in [0.29, 0.717) is 5.56 Å². The van der Waals surface area contributed by atoms with E-state index in [0.717, 1.165) is 11.6 Å². The van der Waals surface area contributed by atoms with Crippen molar-refractivity contribution >= 4 is 23.0 Å². The van der Waals surface area contributed by atoms with Crippen molar-refractivity contribution < 1.29 is 14.6 Å². The number of nitrogens with zero attached hydrogens (tertiary/aromatic N) is 2. The van der Waals surface area contributed by atoms with Gasteiger partial charge >= 0.3 is 0 Å². The average Bonchev–Trinajstić information content (AvgIpc) is 2.51. The first-order chi connectivity index (χ1) is 10.8. The third kappa shape index (κ3) is 3.31. The van der Waals surface area contributed by atoms with Gasteiger partial charge in [0.2, 0.25) is 0 Å². The van der Waals surface area contributed by atoms with Crippen molar-refractivity contribution in [1.82, 2.24) is 0 Å². The van der Waals surface area contributed by atoms with Gasteiger partial charge in [-0.2, -0.15) is 0 Å². The number of rotatable bonds is 4. The summed E-state index contributed by atoms with van der Waals surface area (Å²) in [5, 5.41) is 24.4. The van der Waals surface area contributed by atoms with Crippen LogP contribution < -0.4 is 5.32 Å². The minimum atomic E-state index is -0.648. The van der Waals surface area contributed by atoms with Gasteiger partial charge in [-0.15, -0.1) is 0 Å². The number of nitro benzene ring substituents is 2. The summed E-state index contributed by atoms with van der Waals surface area (Å²) in [4.78, 5) is 32.9. The molecule has 118 valence electrons. The standard InChI is InChI=1S/C15H13N3O5/c1-9-6-7-13(18(22)23)14(10(9)2)16-15(19)11-4-3-5-12(8-11)17(20)21/h3-8H,1-2H3,(H,16,19). The third-order valence-corrected chi connectivity index (χ3v) is 3.47. The molecule has 8 nitrogen and oxygen atoms in total. The lowest BCUT2D eigenvalue weighted by Crippen LogP contribution is -2.14. The van der Waals surface area contributed by atoms with E-state index in [1.165, 1.54) is 24.3 Å². The Kier molecular flexibility index (Phi) is 4.35. The van der Waals surface area contributed by atoms with Crippen LogP contribution in [0.4, 0.5) is 17.1 Å². The summed E-state index contributed by atoms with van der Waals surface area (Å²) in [5.74, 6) is -0.648. The highest BCUT2D eigenvalue weighted by atomic mass is 16.6. The molecule has 0 aliphatic rings. The van der Waals surface area contributed by atoms with Gasteiger partial charge in [0.05, 0.1) is 9.85 Å². The van der Waals surface area contributed by atoms with E-state index in [2.05, 4.69) is 5.32 Å². The summed E-state index contributed by atoms with van der Waals surface area (Å²) in [6.45, 7) is 3.42. The van der Waals surface area contributed by atoms with Crippen LogP contribution in [0.5, 0.6) is 0 Å². The number of nitro groups is 2. The zero-order valence-corrected chi connectivity index (χ0v) is 12.4. The highest BCUT2D eigenvalue weighted by Gasteiger charge is 2.20. The fourth-order valence-electron chi connectivity index (χ4n) is 2.06. The Labute approximate surface area is 131 Å². The van der Waals surface area contributed by atoms with Crippen LogP contribution in [-0.4, -0.2) is 15.8 Å². The van der Waals surface area contributed by atoms with Crippen LogP contribution >= 0.6 is 0 Å². The van der Waals surface area contributed by atoms with Crippen molar-refractivity contribution in [1.29, 1.82) is 0 Å². The average molecular weight is 315 g/mol. The lowest BCUT2D eigenvalue weighted by molar-refractivity contribution is -0.384. The molecule has 2 aromatic carbocycles. The molecule has 2 rings (SSSR count). The second kappa shape index (κ2) is 6.22. The molecule has 0 radical (unpaired) electrons. The van der Waals surface area contributed by atoms with Crippen LogP contribution in [-0.2, 0) is 0 Å². The second-order valence-corrected chi connectivity index (χ2v) is 4.92. The Morgan fingerprint density at radius 3 is 2.35 bits per heavy atom. The molecule has 23 heavy (non-hydrogen) atoms. The van der Waals surface area contributed by atoms with Crippen LogP contribution in [0.25, 0.3) is 0 Å². The van der Waals surface area contributed by atoms with Gasteiger partial charge in [0.1, 0.15) is 5.69 Å². The topological polar surface area (TPSA) is 115 Å². The van der Waals surface area contributed by atoms with Gasteiger partial charge < -0.3 is 5.32 Å². The summed E-state index contributed by atoms with van der Waals surface area (Å²) in [5.41, 5.74) is 1.03. The summed E-state index contributed by atoms with van der Waals surface area (Å²) in [7, 11) is 0. The number of non-ortho nitro benzene ring substituents is 1. The summed E-state index contributed by atoms with van der Waals surface area (Å²) < 4.78 is 0. The highest BCUT2D eigenvalue weighted by molar-refractivity contribution is 6.06. The molecule has 8 heteroatoms. The molecule has 0 aromatic heterocycles. The number of carbonyl (C=O) groups excluding carboxylic acids is 1. The molecule has 0 heterocycles. The van der Waals surface area contributed by atoms with E-state index in [1.54, 1.807) is 19.9 Å². The number of amides is 1. The molecule has 0 atom stereocenters. The van der Waals surface area contributed by atoms with E-state index in [4.69, 9.17) is 0 Å². The van der Waals surface area contributed by atoms with E-state index >= 15 is 0 Å². The SMILES string of the molecule is Cc1ccc([N+](=O)[O-])c(NC(=O)c2cccc([N+](=O)[O-])c2)c1C. The van der Waals surface area contributed by atoms with Crippen molar-refractivity contribution in [2.24, 2.45) is 0 Å². The fraction of sp³-hybridized carbons (Fsp3) is 0.133. The van der Waals surface area contributed by atoms with E-state index < -0.39 is 15.8 Å². The Bertz CT molecular complexity index is 817. The molecule has 0 fully saturated rings. The molecule has 0 aliphatic carbocycles. The molecule has 1 N–H and O–H groups in total. The maximum absolute atomic E-state index is 12.3. The van der Waals surface area contributed by atoms with Crippen LogP contribution in [0, 0.1) is 34.1 Å². The molecular weight excluding hydrogens is 302 g/mol. The molecule has 1 amide bonds. The van der Waals surface area contributed by atoms with Crippen LogP contribution in [0.3, 0.4) is 0 Å². The zero-order chi connectivity index (χ0) is 17.1. The molecule has 2 aromatic rings. The minimum absolute atomic E-state index is 0.0504. The molecular formula is C15H13N3O5. The maximum Gasteiger partial charge on any atom is 0.293 e. The van der Waals surface area contributed by atoms with Crippen molar-refractivity contribution in [3.8, 4) is 0 Å². The Hall–Kier alpha value is -3.29. The monoisotopic (exact) mass is 315 g/mol. The van der Waals surface area contributed by atoms with E-state index in [9.17, 15) is 25.0 Å². The van der Waals surface area contributed by atoms with E-state index in [1.807, 2.05) is 0 Å². The number of hydrogen-bond acceptors (Lipinski definition) is 5. The smallest absolute Gasteiger partial charge is 0.293 e. The van der Waals surface area contributed by atoms with Gasteiger partial charge in [0.15, 0.2) is 0 Å². The molecule has 0 spiro atoms. The third-order valence-electron chi connectivity index (χ3n) is 3.47. The Morgan fingerprint density at radius 1 is 1.04 bits per heavy atom. The molecule has 0 saturated heterocycles. The lowest BCUT2D eigenvalue weighted by atomic mass is 10.1. The Morgan fingerprint density at radius 2 is 1.74 bits per heavy atom. The van der Waals surface area contributed by atoms with Crippen molar-refractivity contribution in [3.63, 3.8) is 0 Å². The van der Waals surface area contributed by atoms with Crippen molar-refractivity contribution in [2.45, 2.75) is 13.8 Å². The summed E-state index contributed by atoms with van der Waals surface area (Å²) >= 11 is 0. The molecule has 0 unspecified atom stereocenters. The number of aryl methyl sites for hydroxylation is 1. The lowest BCUT2D eigenvalue weighted by Gasteiger charge is -2.11. The fourth-order valence-corrected chi connectivity index (χ4v) is 2.06. The molecule has 0 aliphatic heterocycles. The van der Waals surface area contributed by atoms with E-state index in [-0.39, 0.29) is 22.6 Å². The molecule has 0 bridgehead atoms. The first-order valence-electron chi connectivity index (χ1n) is 6.61. The molecule has 0 saturated carbocycles. The summed E-state index contributed by atoms with van der Waals surface area (Å²) in [6, 6.07) is 8.06. The Balaban J connectivity index is 2.41. The maximum atomic E-state index is 12.3. The van der Waals surface area contributed by atoms with Gasteiger partial charge in [-0.1, -0.05) is 12.1 Å². The predicted octanol–water partition coefficient (Wildman–Crippen LogP) is 3.37. The number of hydrogen-bond donors (Lipinski definition) is 1. The number of benzene rings is 2. The number of anilines is 1. The zero-order valence-electron chi connectivity index (χ0n) is 12.4. The van der Waals surface area contributed by atoms with Gasteiger partial charge in [0.25, 0.3) is 17.3 Å². The van der Waals surface area contributed by atoms with Gasteiger partial charge in [-0.3, -0.25) is 25.0 Å². The van der Waals surface area contributed by atoms with Crippen molar-refractivity contribution in [2.75, 3.05) is 5.32 Å². The van der Waals surface area contributed by atoms with Gasteiger partial charge in [0, 0.05) is 23.8 Å². The normalized spacial score (nSPS) is 10.2. The first kappa shape index (κ1) is 16.1. The van der Waals surface area contributed by atoms with Gasteiger partial charge in [-0.05, 0) is 31.0 Å². The van der Waals surface area contributed by atoms with Crippen LogP contribution in [0.15, 0.2) is 36.4 Å². The first-order valence-corrected chi connectivity index (χ1v) is 6.61. The number of carbonyl (C=O) groups is 1. The second-order valence-electron chi connectivity index (χ2n) is 4.92. The predicted molar refractivity (Wildman–Crippen MR) is 83.6 cm³/mol. The van der Waals surface area contributed by atoms with Crippen LogP contribution in [0.2, 0.25) is 0 Å². The summed E-state index contributed by atoms with van der Waals surface area (Å²) in [6.07, 6.45) is 0. The largest absolute Gasteiger partial charge is 0.316 e. The van der Waals surface area contributed by atoms with Gasteiger partial charge in [-0.25, -0.2) is 0 Å². The number of nitrogens with one attached hydrogen (secondary N) is 1. The highest BCUT2D eigenvalue weighted by Crippen LogP contribution is 2.30. The minimum Gasteiger partial charge on any atom is -0.316 e. The quantitative estimate of drug-likeness (QED) is 0.686. The van der Waals surface area contributed by atoms with Crippen molar-refractivity contribution in [3.05, 3.63) is 73.3 Å².